The molecule has 1 aromatic heterocycles. The Hall–Kier alpha value is -1.25. The van der Waals surface area contributed by atoms with Crippen molar-refractivity contribution in [2.24, 2.45) is 0 Å². The lowest BCUT2D eigenvalue weighted by molar-refractivity contribution is 0.0497. The number of amides is 1. The molecule has 0 aliphatic carbocycles. The van der Waals surface area contributed by atoms with Gasteiger partial charge in [-0.15, -0.1) is 0 Å². The van der Waals surface area contributed by atoms with Crippen LogP contribution in [0.3, 0.4) is 0 Å². The van der Waals surface area contributed by atoms with Crippen LogP contribution < -0.4 is 0 Å². The van der Waals surface area contributed by atoms with Crippen molar-refractivity contribution < 1.29 is 4.79 Å². The Balaban J connectivity index is 2.11. The highest BCUT2D eigenvalue weighted by molar-refractivity contribution is 5.93. The second-order valence-corrected chi connectivity index (χ2v) is 3.22. The molecule has 2 heterocycles. The number of nitrogens with one attached hydrogen (secondary N) is 1. The standard InChI is InChI=1S/C9H12N2O/c1-7-4-6-11(7)9(12)8-3-2-5-10-8/h2-3,5,7,10H,4,6H2,1H3. The molecule has 1 fully saturated rings. The van der Waals surface area contributed by atoms with Gasteiger partial charge < -0.3 is 9.88 Å². The van der Waals surface area contributed by atoms with Crippen LogP contribution >= 0.6 is 0 Å². The number of likely N-dealkylation sites (tertiary alicyclic amines) is 1. The molecule has 1 aliphatic rings. The maximum atomic E-state index is 11.6. The molecular weight excluding hydrogens is 152 g/mol. The Kier molecular flexibility index (Phi) is 1.64. The van der Waals surface area contributed by atoms with E-state index in [9.17, 15) is 4.79 Å². The lowest BCUT2D eigenvalue weighted by Gasteiger charge is -2.38. The quantitative estimate of drug-likeness (QED) is 0.666. The van der Waals surface area contributed by atoms with Crippen LogP contribution in [0, 0.1) is 0 Å². The third-order valence-electron chi connectivity index (χ3n) is 2.41. The fourth-order valence-electron chi connectivity index (χ4n) is 1.44. The zero-order chi connectivity index (χ0) is 8.55. The number of hydrogen-bond acceptors (Lipinski definition) is 1. The second-order valence-electron chi connectivity index (χ2n) is 3.22. The Morgan fingerprint density at radius 2 is 2.58 bits per heavy atom. The van der Waals surface area contributed by atoms with Crippen LogP contribution in [0.4, 0.5) is 0 Å². The predicted octanol–water partition coefficient (Wildman–Crippen LogP) is 1.25. The first-order chi connectivity index (χ1) is 5.79. The van der Waals surface area contributed by atoms with Crippen molar-refractivity contribution in [3.05, 3.63) is 24.0 Å². The van der Waals surface area contributed by atoms with Gasteiger partial charge in [-0.25, -0.2) is 0 Å². The van der Waals surface area contributed by atoms with Gasteiger partial charge in [-0.3, -0.25) is 4.79 Å². The van der Waals surface area contributed by atoms with Crippen LogP contribution in [0.2, 0.25) is 0 Å². The lowest BCUT2D eigenvalue weighted by Crippen LogP contribution is -2.49. The Morgan fingerprint density at radius 1 is 1.75 bits per heavy atom. The normalized spacial score (nSPS) is 22.1. The van der Waals surface area contributed by atoms with Gasteiger partial charge in [0.15, 0.2) is 0 Å². The molecule has 12 heavy (non-hydrogen) atoms. The number of nitrogens with zero attached hydrogens (tertiary/aromatic N) is 1. The highest BCUT2D eigenvalue weighted by Gasteiger charge is 2.29. The van der Waals surface area contributed by atoms with Crippen LogP contribution in [0.25, 0.3) is 0 Å². The fourth-order valence-corrected chi connectivity index (χ4v) is 1.44. The van der Waals surface area contributed by atoms with E-state index >= 15 is 0 Å². The van der Waals surface area contributed by atoms with Crippen LogP contribution in [0.15, 0.2) is 18.3 Å². The molecule has 64 valence electrons. The van der Waals surface area contributed by atoms with E-state index in [1.165, 1.54) is 0 Å². The molecule has 1 amide bonds. The van der Waals surface area contributed by atoms with Gasteiger partial charge in [-0.1, -0.05) is 0 Å². The summed E-state index contributed by atoms with van der Waals surface area (Å²) in [6.45, 7) is 2.98. The van der Waals surface area contributed by atoms with Crippen LogP contribution in [0.5, 0.6) is 0 Å². The predicted molar refractivity (Wildman–Crippen MR) is 45.9 cm³/mol. The molecule has 1 N–H and O–H groups in total. The SMILES string of the molecule is CC1CCN1C(=O)c1ccc[nH]1. The summed E-state index contributed by atoms with van der Waals surface area (Å²) in [6.07, 6.45) is 2.91. The number of hydrogen-bond donors (Lipinski definition) is 1. The van der Waals surface area contributed by atoms with E-state index in [0.717, 1.165) is 13.0 Å². The van der Waals surface area contributed by atoms with Gasteiger partial charge in [-0.2, -0.15) is 0 Å². The number of rotatable bonds is 1. The van der Waals surface area contributed by atoms with Gasteiger partial charge in [0.2, 0.25) is 0 Å². The zero-order valence-corrected chi connectivity index (χ0v) is 7.08. The second kappa shape index (κ2) is 2.66. The van der Waals surface area contributed by atoms with Crippen LogP contribution in [0.1, 0.15) is 23.8 Å². The topological polar surface area (TPSA) is 36.1 Å². The van der Waals surface area contributed by atoms with E-state index in [4.69, 9.17) is 0 Å². The molecule has 1 unspecified atom stereocenters. The van der Waals surface area contributed by atoms with E-state index in [-0.39, 0.29) is 5.91 Å². The van der Waals surface area contributed by atoms with Crippen LogP contribution in [-0.4, -0.2) is 28.4 Å². The average molecular weight is 164 g/mol. The molecule has 0 spiro atoms. The molecule has 1 aliphatic heterocycles. The molecule has 2 rings (SSSR count). The Labute approximate surface area is 71.4 Å². The van der Waals surface area contributed by atoms with Crippen molar-refractivity contribution in [2.45, 2.75) is 19.4 Å². The first-order valence-corrected chi connectivity index (χ1v) is 4.23. The number of aromatic amines is 1. The molecule has 3 nitrogen and oxygen atoms in total. The highest BCUT2D eigenvalue weighted by atomic mass is 16.2. The third-order valence-corrected chi connectivity index (χ3v) is 2.41. The minimum Gasteiger partial charge on any atom is -0.357 e. The molecule has 0 bridgehead atoms. The van der Waals surface area contributed by atoms with Gasteiger partial charge >= 0.3 is 0 Å². The third kappa shape index (κ3) is 1.02. The van der Waals surface area contributed by atoms with Gasteiger partial charge in [0.05, 0.1) is 0 Å². The Morgan fingerprint density at radius 3 is 3.00 bits per heavy atom. The molecular formula is C9H12N2O. The summed E-state index contributed by atoms with van der Waals surface area (Å²) >= 11 is 0. The minimum atomic E-state index is 0.124. The molecule has 1 atom stereocenters. The van der Waals surface area contributed by atoms with Crippen LogP contribution in [-0.2, 0) is 0 Å². The van der Waals surface area contributed by atoms with Crippen molar-refractivity contribution >= 4 is 5.91 Å². The summed E-state index contributed by atoms with van der Waals surface area (Å²) in [6, 6.07) is 4.08. The number of carbonyl (C=O) groups excluding carboxylic acids is 1. The van der Waals surface area contributed by atoms with E-state index in [2.05, 4.69) is 11.9 Å². The van der Waals surface area contributed by atoms with Crippen molar-refractivity contribution in [3.8, 4) is 0 Å². The highest BCUT2D eigenvalue weighted by Crippen LogP contribution is 2.18. The fraction of sp³-hybridized carbons (Fsp3) is 0.444. The summed E-state index contributed by atoms with van der Waals surface area (Å²) in [4.78, 5) is 16.4. The van der Waals surface area contributed by atoms with Gasteiger partial charge in [0.25, 0.3) is 5.91 Å². The van der Waals surface area contributed by atoms with E-state index in [1.807, 2.05) is 17.0 Å². The molecule has 3 heteroatoms. The average Bonchev–Trinajstić information content (AvgIpc) is 2.53. The lowest BCUT2D eigenvalue weighted by atomic mass is 10.1. The van der Waals surface area contributed by atoms with E-state index < -0.39 is 0 Å². The van der Waals surface area contributed by atoms with Crippen molar-refractivity contribution in [1.29, 1.82) is 0 Å². The maximum Gasteiger partial charge on any atom is 0.270 e. The minimum absolute atomic E-state index is 0.124. The molecule has 1 aromatic rings. The van der Waals surface area contributed by atoms with Gasteiger partial charge in [0, 0.05) is 18.8 Å². The molecule has 0 aromatic carbocycles. The summed E-state index contributed by atoms with van der Waals surface area (Å²) in [7, 11) is 0. The maximum absolute atomic E-state index is 11.6. The monoisotopic (exact) mass is 164 g/mol. The van der Waals surface area contributed by atoms with Gasteiger partial charge in [0.1, 0.15) is 5.69 Å². The first-order valence-electron chi connectivity index (χ1n) is 4.23. The van der Waals surface area contributed by atoms with E-state index in [1.54, 1.807) is 6.20 Å². The largest absolute Gasteiger partial charge is 0.357 e. The Bertz CT molecular complexity index is 279. The van der Waals surface area contributed by atoms with Crippen molar-refractivity contribution in [1.82, 2.24) is 9.88 Å². The zero-order valence-electron chi connectivity index (χ0n) is 7.08. The van der Waals surface area contributed by atoms with Crippen molar-refractivity contribution in [3.63, 3.8) is 0 Å². The van der Waals surface area contributed by atoms with E-state index in [0.29, 0.717) is 11.7 Å². The number of H-pyrrole nitrogens is 1. The molecule has 0 radical (unpaired) electrons. The van der Waals surface area contributed by atoms with Crippen molar-refractivity contribution in [2.75, 3.05) is 6.54 Å². The summed E-state index contributed by atoms with van der Waals surface area (Å²) < 4.78 is 0. The number of aromatic nitrogens is 1. The first kappa shape index (κ1) is 7.40. The molecule has 0 saturated carbocycles. The van der Waals surface area contributed by atoms with Gasteiger partial charge in [-0.05, 0) is 25.5 Å². The number of carbonyl (C=O) groups is 1. The summed E-state index contributed by atoms with van der Waals surface area (Å²) in [5.74, 6) is 0.124. The summed E-state index contributed by atoms with van der Waals surface area (Å²) in [5, 5.41) is 0. The smallest absolute Gasteiger partial charge is 0.270 e. The molecule has 1 saturated heterocycles. The summed E-state index contributed by atoms with van der Waals surface area (Å²) in [5.41, 5.74) is 0.696.